The second kappa shape index (κ2) is 5.62. The van der Waals surface area contributed by atoms with E-state index >= 15 is 0 Å². The first kappa shape index (κ1) is 12.5. The monoisotopic (exact) mass is 253 g/mol. The molecule has 0 radical (unpaired) electrons. The molecule has 0 aliphatic carbocycles. The first-order chi connectivity index (χ1) is 8.20. The molecule has 1 aliphatic rings. The van der Waals surface area contributed by atoms with Gasteiger partial charge in [-0.15, -0.1) is 11.3 Å². The number of carbonyl (C=O) groups excluding carboxylic acids is 1. The number of amides is 1. The molecule has 1 atom stereocenters. The first-order valence-corrected chi connectivity index (χ1v) is 6.84. The quantitative estimate of drug-likeness (QED) is 0.484. The highest BCUT2D eigenvalue weighted by Crippen LogP contribution is 2.22. The summed E-state index contributed by atoms with van der Waals surface area (Å²) in [5.41, 5.74) is 3.61. The average Bonchev–Trinajstić information content (AvgIpc) is 2.74. The van der Waals surface area contributed by atoms with E-state index in [0.29, 0.717) is 0 Å². The van der Waals surface area contributed by atoms with Gasteiger partial charge in [0.05, 0.1) is 5.92 Å². The van der Waals surface area contributed by atoms with Gasteiger partial charge in [0.1, 0.15) is 0 Å². The lowest BCUT2D eigenvalue weighted by Gasteiger charge is -2.31. The SMILES string of the molecule is Cc1ccsc1CN1CCCC(C(=O)NN)C1. The largest absolute Gasteiger partial charge is 0.297 e. The fourth-order valence-electron chi connectivity index (χ4n) is 2.30. The standard InChI is InChI=1S/C12H19N3OS/c1-9-4-6-17-11(9)8-15-5-2-3-10(7-15)12(16)14-13/h4,6,10H,2-3,5,7-8,13H2,1H3,(H,14,16). The molecule has 17 heavy (non-hydrogen) atoms. The van der Waals surface area contributed by atoms with Crippen molar-refractivity contribution in [1.29, 1.82) is 0 Å². The van der Waals surface area contributed by atoms with Gasteiger partial charge >= 0.3 is 0 Å². The number of hydrogen-bond acceptors (Lipinski definition) is 4. The molecule has 94 valence electrons. The maximum Gasteiger partial charge on any atom is 0.238 e. The summed E-state index contributed by atoms with van der Waals surface area (Å²) >= 11 is 1.79. The fraction of sp³-hybridized carbons (Fsp3) is 0.583. The molecule has 5 heteroatoms. The van der Waals surface area contributed by atoms with Gasteiger partial charge in [0.15, 0.2) is 0 Å². The number of thiophene rings is 1. The van der Waals surface area contributed by atoms with E-state index in [0.717, 1.165) is 32.5 Å². The van der Waals surface area contributed by atoms with Gasteiger partial charge in [-0.1, -0.05) is 0 Å². The molecular weight excluding hydrogens is 234 g/mol. The number of carbonyl (C=O) groups is 1. The molecule has 1 fully saturated rings. The summed E-state index contributed by atoms with van der Waals surface area (Å²) in [6.07, 6.45) is 2.02. The van der Waals surface area contributed by atoms with Crippen LogP contribution in [-0.2, 0) is 11.3 Å². The van der Waals surface area contributed by atoms with Crippen molar-refractivity contribution in [2.24, 2.45) is 11.8 Å². The van der Waals surface area contributed by atoms with Crippen molar-refractivity contribution >= 4 is 17.2 Å². The number of nitrogens with zero attached hydrogens (tertiary/aromatic N) is 1. The first-order valence-electron chi connectivity index (χ1n) is 5.96. The van der Waals surface area contributed by atoms with Crippen LogP contribution in [-0.4, -0.2) is 23.9 Å². The summed E-state index contributed by atoms with van der Waals surface area (Å²) in [4.78, 5) is 15.3. The van der Waals surface area contributed by atoms with Crippen LogP contribution >= 0.6 is 11.3 Å². The number of nitrogens with two attached hydrogens (primary N) is 1. The lowest BCUT2D eigenvalue weighted by atomic mass is 9.97. The second-order valence-electron chi connectivity index (χ2n) is 4.61. The maximum atomic E-state index is 11.5. The molecule has 0 spiro atoms. The molecule has 1 aliphatic heterocycles. The average molecular weight is 253 g/mol. The summed E-state index contributed by atoms with van der Waals surface area (Å²) in [5, 5.41) is 2.12. The van der Waals surface area contributed by atoms with Gasteiger partial charge in [-0.2, -0.15) is 0 Å². The van der Waals surface area contributed by atoms with Crippen LogP contribution in [0.1, 0.15) is 23.3 Å². The Kier molecular flexibility index (Phi) is 4.15. The minimum absolute atomic E-state index is 0.0300. The maximum absolute atomic E-state index is 11.5. The number of likely N-dealkylation sites (tertiary alicyclic amines) is 1. The van der Waals surface area contributed by atoms with Crippen molar-refractivity contribution in [1.82, 2.24) is 10.3 Å². The topological polar surface area (TPSA) is 58.4 Å². The number of nitrogens with one attached hydrogen (secondary N) is 1. The number of hydrazine groups is 1. The molecule has 1 amide bonds. The van der Waals surface area contributed by atoms with Gasteiger partial charge in [-0.25, -0.2) is 5.84 Å². The molecule has 3 N–H and O–H groups in total. The van der Waals surface area contributed by atoms with Crippen LogP contribution in [0.2, 0.25) is 0 Å². The van der Waals surface area contributed by atoms with Crippen LogP contribution in [0.25, 0.3) is 0 Å². The number of rotatable bonds is 3. The second-order valence-corrected chi connectivity index (χ2v) is 5.61. The summed E-state index contributed by atoms with van der Waals surface area (Å²) < 4.78 is 0. The number of aryl methyl sites for hydroxylation is 1. The van der Waals surface area contributed by atoms with Crippen LogP contribution in [0.5, 0.6) is 0 Å². The summed E-state index contributed by atoms with van der Waals surface area (Å²) in [6.45, 7) is 4.99. The zero-order valence-electron chi connectivity index (χ0n) is 10.1. The summed E-state index contributed by atoms with van der Waals surface area (Å²) in [5.74, 6) is 5.21. The Hall–Kier alpha value is -0.910. The van der Waals surface area contributed by atoms with Crippen molar-refractivity contribution < 1.29 is 4.79 Å². The third-order valence-electron chi connectivity index (χ3n) is 3.35. The number of hydrogen-bond donors (Lipinski definition) is 2. The van der Waals surface area contributed by atoms with Crippen LogP contribution in [0.4, 0.5) is 0 Å². The van der Waals surface area contributed by atoms with Crippen molar-refractivity contribution in [2.45, 2.75) is 26.3 Å². The summed E-state index contributed by atoms with van der Waals surface area (Å²) in [6, 6.07) is 2.15. The van der Waals surface area contributed by atoms with Crippen molar-refractivity contribution in [3.8, 4) is 0 Å². The lowest BCUT2D eigenvalue weighted by molar-refractivity contribution is -0.126. The zero-order valence-corrected chi connectivity index (χ0v) is 10.9. The van der Waals surface area contributed by atoms with Crippen LogP contribution in [0, 0.1) is 12.8 Å². The third-order valence-corrected chi connectivity index (χ3v) is 4.36. The molecule has 2 rings (SSSR count). The zero-order chi connectivity index (χ0) is 12.3. The normalized spacial score (nSPS) is 21.4. The summed E-state index contributed by atoms with van der Waals surface area (Å²) in [7, 11) is 0. The minimum atomic E-state index is -0.0300. The third kappa shape index (κ3) is 3.06. The predicted molar refractivity (Wildman–Crippen MR) is 69.4 cm³/mol. The highest BCUT2D eigenvalue weighted by Gasteiger charge is 2.25. The van der Waals surface area contributed by atoms with Crippen LogP contribution in [0.15, 0.2) is 11.4 Å². The molecule has 4 nitrogen and oxygen atoms in total. The Balaban J connectivity index is 1.94. The van der Waals surface area contributed by atoms with Gasteiger partial charge in [0.2, 0.25) is 5.91 Å². The molecule has 1 saturated heterocycles. The molecule has 0 saturated carbocycles. The van der Waals surface area contributed by atoms with E-state index in [2.05, 4.69) is 28.7 Å². The molecule has 0 bridgehead atoms. The van der Waals surface area contributed by atoms with E-state index in [9.17, 15) is 4.79 Å². The van der Waals surface area contributed by atoms with E-state index in [1.807, 2.05) is 0 Å². The molecule has 0 aromatic carbocycles. The Morgan fingerprint density at radius 1 is 1.71 bits per heavy atom. The fourth-order valence-corrected chi connectivity index (χ4v) is 3.25. The van der Waals surface area contributed by atoms with Crippen LogP contribution < -0.4 is 11.3 Å². The lowest BCUT2D eigenvalue weighted by Crippen LogP contribution is -2.44. The smallest absolute Gasteiger partial charge is 0.238 e. The van der Waals surface area contributed by atoms with E-state index < -0.39 is 0 Å². The minimum Gasteiger partial charge on any atom is -0.297 e. The predicted octanol–water partition coefficient (Wildman–Crippen LogP) is 1.26. The highest BCUT2D eigenvalue weighted by molar-refractivity contribution is 7.10. The Morgan fingerprint density at radius 2 is 2.53 bits per heavy atom. The molecule has 2 heterocycles. The Morgan fingerprint density at radius 3 is 3.18 bits per heavy atom. The number of piperidine rings is 1. The van der Waals surface area contributed by atoms with Crippen LogP contribution in [0.3, 0.4) is 0 Å². The Bertz CT molecular complexity index is 391. The van der Waals surface area contributed by atoms with Gasteiger partial charge in [0.25, 0.3) is 0 Å². The van der Waals surface area contributed by atoms with E-state index in [1.54, 1.807) is 11.3 Å². The molecule has 1 unspecified atom stereocenters. The van der Waals surface area contributed by atoms with Gasteiger partial charge in [-0.05, 0) is 43.3 Å². The van der Waals surface area contributed by atoms with E-state index in [4.69, 9.17) is 5.84 Å². The van der Waals surface area contributed by atoms with Gasteiger partial charge in [-0.3, -0.25) is 15.1 Å². The van der Waals surface area contributed by atoms with Crippen molar-refractivity contribution in [3.63, 3.8) is 0 Å². The van der Waals surface area contributed by atoms with Gasteiger partial charge in [0, 0.05) is 18.0 Å². The van der Waals surface area contributed by atoms with E-state index in [-0.39, 0.29) is 11.8 Å². The molecule has 1 aromatic heterocycles. The highest BCUT2D eigenvalue weighted by atomic mass is 32.1. The van der Waals surface area contributed by atoms with E-state index in [1.165, 1.54) is 10.4 Å². The Labute approximate surface area is 106 Å². The van der Waals surface area contributed by atoms with Crippen molar-refractivity contribution in [2.75, 3.05) is 13.1 Å². The molecular formula is C12H19N3OS. The van der Waals surface area contributed by atoms with Gasteiger partial charge < -0.3 is 0 Å². The van der Waals surface area contributed by atoms with Crippen molar-refractivity contribution in [3.05, 3.63) is 21.9 Å². The molecule has 1 aromatic rings.